The predicted octanol–water partition coefficient (Wildman–Crippen LogP) is 2.61. The van der Waals surface area contributed by atoms with Gasteiger partial charge >= 0.3 is 0 Å². The Bertz CT molecular complexity index is 775. The molecular weight excluding hydrogens is 306 g/mol. The van der Waals surface area contributed by atoms with Crippen LogP contribution in [-0.2, 0) is 16.4 Å². The fourth-order valence-electron chi connectivity index (χ4n) is 1.86. The van der Waals surface area contributed by atoms with Crippen LogP contribution in [0.5, 0.6) is 0 Å². The number of nitrogens with one attached hydrogen (secondary N) is 1. The Kier molecular flexibility index (Phi) is 4.50. The summed E-state index contributed by atoms with van der Waals surface area (Å²) in [7, 11) is -3.48. The minimum absolute atomic E-state index is 0.0416. The van der Waals surface area contributed by atoms with Crippen molar-refractivity contribution in [3.63, 3.8) is 0 Å². The number of nitrogen functional groups attached to an aromatic ring is 1. The van der Waals surface area contributed by atoms with E-state index in [0.29, 0.717) is 11.5 Å². The van der Waals surface area contributed by atoms with Crippen LogP contribution in [0, 0.1) is 11.3 Å². The molecule has 0 spiro atoms. The summed E-state index contributed by atoms with van der Waals surface area (Å²) in [5.74, 6) is -0.0567. The van der Waals surface area contributed by atoms with Crippen molar-refractivity contribution < 1.29 is 8.42 Å². The molecule has 3 N–H and O–H groups in total. The van der Waals surface area contributed by atoms with Crippen molar-refractivity contribution in [3.05, 3.63) is 40.8 Å². The Morgan fingerprint density at radius 3 is 2.57 bits per heavy atom. The lowest BCUT2D eigenvalue weighted by Gasteiger charge is -2.08. The van der Waals surface area contributed by atoms with Crippen LogP contribution in [0.2, 0.25) is 0 Å². The number of thiophene rings is 1. The highest BCUT2D eigenvalue weighted by atomic mass is 32.2. The molecule has 5 nitrogen and oxygen atoms in total. The van der Waals surface area contributed by atoms with Crippen LogP contribution < -0.4 is 11.1 Å². The fraction of sp³-hybridized carbons (Fsp3) is 0.214. The quantitative estimate of drug-likeness (QED) is 0.882. The lowest BCUT2D eigenvalue weighted by molar-refractivity contribution is 0.598. The normalized spacial score (nSPS) is 11.0. The fourth-order valence-corrected chi connectivity index (χ4v) is 4.32. The summed E-state index contributed by atoms with van der Waals surface area (Å²) in [5, 5.41) is 12.5. The first kappa shape index (κ1) is 15.4. The third kappa shape index (κ3) is 3.17. The largest absolute Gasteiger partial charge is 0.396 e. The van der Waals surface area contributed by atoms with Crippen molar-refractivity contribution in [2.45, 2.75) is 18.4 Å². The zero-order valence-corrected chi connectivity index (χ0v) is 13.1. The van der Waals surface area contributed by atoms with Gasteiger partial charge in [0, 0.05) is 6.54 Å². The van der Waals surface area contributed by atoms with Gasteiger partial charge < -0.3 is 11.1 Å². The number of nitriles is 1. The number of anilines is 2. The summed E-state index contributed by atoms with van der Waals surface area (Å²) in [4.78, 5) is 0.264. The first-order valence-corrected chi connectivity index (χ1v) is 8.79. The molecule has 0 unspecified atom stereocenters. The van der Waals surface area contributed by atoms with E-state index in [0.717, 1.165) is 16.9 Å². The standard InChI is InChI=1S/C14H15N3O2S2/c1-2-21(18,19)13-12(16)11(8-15)20-14(13)17-9-10-6-4-3-5-7-10/h3-7,17H,2,9,16H2,1H3. The molecule has 0 saturated heterocycles. The third-order valence-corrected chi connectivity index (χ3v) is 5.99. The maximum absolute atomic E-state index is 12.2. The van der Waals surface area contributed by atoms with Crippen molar-refractivity contribution in [3.8, 4) is 6.07 Å². The maximum atomic E-state index is 12.2. The van der Waals surface area contributed by atoms with Crippen LogP contribution in [-0.4, -0.2) is 14.2 Å². The average Bonchev–Trinajstić information content (AvgIpc) is 2.83. The molecule has 7 heteroatoms. The highest BCUT2D eigenvalue weighted by Gasteiger charge is 2.25. The molecule has 2 rings (SSSR count). The van der Waals surface area contributed by atoms with E-state index in [9.17, 15) is 8.42 Å². The summed E-state index contributed by atoms with van der Waals surface area (Å²) >= 11 is 1.07. The van der Waals surface area contributed by atoms with Crippen LogP contribution in [0.15, 0.2) is 35.2 Å². The molecule has 0 fully saturated rings. The van der Waals surface area contributed by atoms with Crippen LogP contribution in [0.3, 0.4) is 0 Å². The lowest BCUT2D eigenvalue weighted by atomic mass is 10.2. The van der Waals surface area contributed by atoms with Gasteiger partial charge in [0.15, 0.2) is 9.84 Å². The Balaban J connectivity index is 2.38. The predicted molar refractivity (Wildman–Crippen MR) is 84.9 cm³/mol. The van der Waals surface area contributed by atoms with Crippen molar-refractivity contribution >= 4 is 31.9 Å². The van der Waals surface area contributed by atoms with Gasteiger partial charge in [0.25, 0.3) is 0 Å². The molecule has 1 heterocycles. The van der Waals surface area contributed by atoms with E-state index >= 15 is 0 Å². The Morgan fingerprint density at radius 2 is 2.00 bits per heavy atom. The van der Waals surface area contributed by atoms with E-state index in [2.05, 4.69) is 5.32 Å². The molecule has 110 valence electrons. The zero-order valence-electron chi connectivity index (χ0n) is 11.5. The van der Waals surface area contributed by atoms with Crippen LogP contribution in [0.25, 0.3) is 0 Å². The van der Waals surface area contributed by atoms with Crippen LogP contribution >= 0.6 is 11.3 Å². The van der Waals surface area contributed by atoms with Gasteiger partial charge in [-0.15, -0.1) is 11.3 Å². The monoisotopic (exact) mass is 321 g/mol. The number of benzene rings is 1. The molecular formula is C14H15N3O2S2. The minimum Gasteiger partial charge on any atom is -0.396 e. The molecule has 0 radical (unpaired) electrons. The molecule has 2 aromatic rings. The van der Waals surface area contributed by atoms with Crippen molar-refractivity contribution in [2.75, 3.05) is 16.8 Å². The third-order valence-electron chi connectivity index (χ3n) is 2.99. The second-order valence-electron chi connectivity index (χ2n) is 4.36. The first-order valence-electron chi connectivity index (χ1n) is 6.32. The number of nitrogens with two attached hydrogens (primary N) is 1. The summed E-state index contributed by atoms with van der Waals surface area (Å²) in [5.41, 5.74) is 6.87. The van der Waals surface area contributed by atoms with Gasteiger partial charge in [-0.25, -0.2) is 8.42 Å². The highest BCUT2D eigenvalue weighted by Crippen LogP contribution is 2.39. The van der Waals surface area contributed by atoms with Gasteiger partial charge in [-0.3, -0.25) is 0 Å². The Labute approximate surface area is 127 Å². The van der Waals surface area contributed by atoms with Crippen molar-refractivity contribution in [1.29, 1.82) is 5.26 Å². The summed E-state index contributed by atoms with van der Waals surface area (Å²) in [6, 6.07) is 11.5. The molecule has 0 bridgehead atoms. The minimum atomic E-state index is -3.48. The van der Waals surface area contributed by atoms with Crippen molar-refractivity contribution in [2.24, 2.45) is 0 Å². The zero-order chi connectivity index (χ0) is 15.5. The van der Waals surface area contributed by atoms with Gasteiger partial charge in [-0.2, -0.15) is 5.26 Å². The van der Waals surface area contributed by atoms with Crippen LogP contribution in [0.4, 0.5) is 10.7 Å². The molecule has 0 atom stereocenters. The SMILES string of the molecule is CCS(=O)(=O)c1c(NCc2ccccc2)sc(C#N)c1N. The van der Waals surface area contributed by atoms with Gasteiger partial charge in [0.2, 0.25) is 0 Å². The van der Waals surface area contributed by atoms with Gasteiger partial charge in [-0.1, -0.05) is 37.3 Å². The molecule has 0 aliphatic rings. The number of sulfone groups is 1. The molecule has 0 amide bonds. The highest BCUT2D eigenvalue weighted by molar-refractivity contribution is 7.91. The molecule has 1 aromatic carbocycles. The average molecular weight is 321 g/mol. The summed E-state index contributed by atoms with van der Waals surface area (Å²) < 4.78 is 24.3. The topological polar surface area (TPSA) is 96.0 Å². The van der Waals surface area contributed by atoms with Gasteiger partial charge in [0.05, 0.1) is 11.4 Å². The van der Waals surface area contributed by atoms with Gasteiger partial charge in [0.1, 0.15) is 20.8 Å². The van der Waals surface area contributed by atoms with E-state index in [1.54, 1.807) is 6.92 Å². The molecule has 0 aliphatic carbocycles. The lowest BCUT2D eigenvalue weighted by Crippen LogP contribution is -2.09. The van der Waals surface area contributed by atoms with E-state index in [-0.39, 0.29) is 21.2 Å². The van der Waals surface area contributed by atoms with Crippen molar-refractivity contribution in [1.82, 2.24) is 0 Å². The van der Waals surface area contributed by atoms with E-state index in [4.69, 9.17) is 11.0 Å². The number of rotatable bonds is 5. The molecule has 1 aromatic heterocycles. The summed E-state index contributed by atoms with van der Waals surface area (Å²) in [6.07, 6.45) is 0. The van der Waals surface area contributed by atoms with E-state index in [1.807, 2.05) is 36.4 Å². The smallest absolute Gasteiger partial charge is 0.183 e. The summed E-state index contributed by atoms with van der Waals surface area (Å²) in [6.45, 7) is 2.03. The second kappa shape index (κ2) is 6.16. The number of hydrogen-bond donors (Lipinski definition) is 2. The first-order chi connectivity index (χ1) is 9.99. The number of nitrogens with zero attached hydrogens (tertiary/aromatic N) is 1. The van der Waals surface area contributed by atoms with E-state index in [1.165, 1.54) is 0 Å². The Hall–Kier alpha value is -2.04. The molecule has 0 aliphatic heterocycles. The Morgan fingerprint density at radius 1 is 1.33 bits per heavy atom. The van der Waals surface area contributed by atoms with Gasteiger partial charge in [-0.05, 0) is 5.56 Å². The van der Waals surface area contributed by atoms with E-state index < -0.39 is 9.84 Å². The molecule has 0 saturated carbocycles. The second-order valence-corrected chi connectivity index (χ2v) is 7.59. The molecule has 21 heavy (non-hydrogen) atoms. The maximum Gasteiger partial charge on any atom is 0.183 e. The number of hydrogen-bond acceptors (Lipinski definition) is 6. The van der Waals surface area contributed by atoms with Crippen LogP contribution in [0.1, 0.15) is 17.4 Å².